The van der Waals surface area contributed by atoms with Crippen LogP contribution in [0.1, 0.15) is 13.8 Å². The van der Waals surface area contributed by atoms with Crippen LogP contribution in [-0.4, -0.2) is 38.8 Å². The Hall–Kier alpha value is -1.75. The summed E-state index contributed by atoms with van der Waals surface area (Å²) in [4.78, 5) is 13.9. The van der Waals surface area contributed by atoms with Gasteiger partial charge in [0, 0.05) is 18.2 Å². The number of carbonyl (C=O) groups is 1. The van der Waals surface area contributed by atoms with Crippen LogP contribution in [0, 0.1) is 0 Å². The van der Waals surface area contributed by atoms with E-state index in [9.17, 15) is 4.79 Å². The number of ether oxygens (including phenoxy) is 2. The van der Waals surface area contributed by atoms with Gasteiger partial charge in [-0.25, -0.2) is 0 Å². The molecule has 5 nitrogen and oxygen atoms in total. The molecule has 104 valence electrons. The van der Waals surface area contributed by atoms with Crippen LogP contribution in [0.3, 0.4) is 0 Å². The van der Waals surface area contributed by atoms with Gasteiger partial charge in [0.25, 0.3) is 0 Å². The number of benzene rings is 1. The Balaban J connectivity index is 2.40. The van der Waals surface area contributed by atoms with Gasteiger partial charge in [0.2, 0.25) is 5.91 Å². The van der Waals surface area contributed by atoms with Crippen LogP contribution >= 0.6 is 0 Å². The molecule has 1 aliphatic rings. The summed E-state index contributed by atoms with van der Waals surface area (Å²) in [7, 11) is 3.21. The molecule has 1 N–H and O–H groups in total. The lowest BCUT2D eigenvalue weighted by Crippen LogP contribution is -2.60. The third-order valence-electron chi connectivity index (χ3n) is 3.25. The molecule has 5 heteroatoms. The van der Waals surface area contributed by atoms with E-state index in [0.29, 0.717) is 24.6 Å². The second kappa shape index (κ2) is 5.09. The van der Waals surface area contributed by atoms with Crippen molar-refractivity contribution in [3.63, 3.8) is 0 Å². The lowest BCUT2D eigenvalue weighted by atomic mass is 10.0. The third kappa shape index (κ3) is 2.81. The molecule has 0 spiro atoms. The predicted molar refractivity (Wildman–Crippen MR) is 74.0 cm³/mol. The lowest BCUT2D eigenvalue weighted by Gasteiger charge is -2.39. The largest absolute Gasteiger partial charge is 0.497 e. The van der Waals surface area contributed by atoms with E-state index in [1.165, 1.54) is 0 Å². The number of piperazine rings is 1. The zero-order valence-electron chi connectivity index (χ0n) is 11.8. The van der Waals surface area contributed by atoms with E-state index in [4.69, 9.17) is 9.47 Å². The van der Waals surface area contributed by atoms with Crippen LogP contribution in [0.25, 0.3) is 0 Å². The average molecular weight is 264 g/mol. The van der Waals surface area contributed by atoms with Crippen molar-refractivity contribution in [3.8, 4) is 11.5 Å². The molecule has 1 aromatic rings. The Morgan fingerprint density at radius 3 is 2.63 bits per heavy atom. The van der Waals surface area contributed by atoms with Crippen molar-refractivity contribution < 1.29 is 14.3 Å². The molecule has 1 amide bonds. The highest BCUT2D eigenvalue weighted by molar-refractivity contribution is 5.97. The first kappa shape index (κ1) is 13.7. The Morgan fingerprint density at radius 2 is 2.00 bits per heavy atom. The maximum Gasteiger partial charge on any atom is 0.241 e. The first-order chi connectivity index (χ1) is 8.96. The van der Waals surface area contributed by atoms with E-state index in [1.807, 2.05) is 18.2 Å². The van der Waals surface area contributed by atoms with Crippen LogP contribution in [0.5, 0.6) is 11.5 Å². The summed E-state index contributed by atoms with van der Waals surface area (Å²) in [6, 6.07) is 5.47. The van der Waals surface area contributed by atoms with Crippen LogP contribution in [0.2, 0.25) is 0 Å². The summed E-state index contributed by atoms with van der Waals surface area (Å²) < 4.78 is 10.6. The number of carbonyl (C=O) groups excluding carboxylic acids is 1. The molecule has 0 aromatic heterocycles. The summed E-state index contributed by atoms with van der Waals surface area (Å²) >= 11 is 0. The summed E-state index contributed by atoms with van der Waals surface area (Å²) in [6.07, 6.45) is 0. The number of hydrogen-bond donors (Lipinski definition) is 1. The molecule has 19 heavy (non-hydrogen) atoms. The van der Waals surface area contributed by atoms with Gasteiger partial charge in [-0.15, -0.1) is 0 Å². The van der Waals surface area contributed by atoms with E-state index in [-0.39, 0.29) is 11.4 Å². The Labute approximate surface area is 113 Å². The first-order valence-corrected chi connectivity index (χ1v) is 6.24. The standard InChI is InChI=1S/C14H20N2O3/c1-14(2)9-16(13(17)8-15-14)11-7-10(18-3)5-6-12(11)19-4/h5-7,15H,8-9H2,1-4H3. The monoisotopic (exact) mass is 264 g/mol. The Bertz CT molecular complexity index is 486. The van der Waals surface area contributed by atoms with Gasteiger partial charge in [0.1, 0.15) is 11.5 Å². The quantitative estimate of drug-likeness (QED) is 0.897. The van der Waals surface area contributed by atoms with Crippen molar-refractivity contribution in [3.05, 3.63) is 18.2 Å². The fraction of sp³-hybridized carbons (Fsp3) is 0.500. The molecule has 1 aliphatic heterocycles. The van der Waals surface area contributed by atoms with E-state index >= 15 is 0 Å². The average Bonchev–Trinajstić information content (AvgIpc) is 2.41. The van der Waals surface area contributed by atoms with Gasteiger partial charge in [-0.1, -0.05) is 0 Å². The van der Waals surface area contributed by atoms with Gasteiger partial charge in [-0.05, 0) is 26.0 Å². The topological polar surface area (TPSA) is 50.8 Å². The highest BCUT2D eigenvalue weighted by Gasteiger charge is 2.32. The minimum atomic E-state index is -0.123. The fourth-order valence-electron chi connectivity index (χ4n) is 2.18. The zero-order chi connectivity index (χ0) is 14.0. The molecule has 1 saturated heterocycles. The number of methoxy groups -OCH3 is 2. The van der Waals surface area contributed by atoms with Crippen LogP contribution in [-0.2, 0) is 4.79 Å². The zero-order valence-corrected chi connectivity index (χ0v) is 11.8. The Morgan fingerprint density at radius 1 is 1.26 bits per heavy atom. The number of hydrogen-bond acceptors (Lipinski definition) is 4. The second-order valence-corrected chi connectivity index (χ2v) is 5.26. The molecule has 0 atom stereocenters. The number of nitrogens with zero attached hydrogens (tertiary/aromatic N) is 1. The van der Waals surface area contributed by atoms with E-state index in [2.05, 4.69) is 19.2 Å². The Kier molecular flexibility index (Phi) is 3.66. The van der Waals surface area contributed by atoms with Crippen molar-refractivity contribution in [2.75, 3.05) is 32.2 Å². The van der Waals surface area contributed by atoms with Crippen molar-refractivity contribution in [2.45, 2.75) is 19.4 Å². The first-order valence-electron chi connectivity index (χ1n) is 6.24. The summed E-state index contributed by atoms with van der Waals surface area (Å²) in [5, 5.41) is 3.21. The van der Waals surface area contributed by atoms with Gasteiger partial charge < -0.3 is 19.7 Å². The van der Waals surface area contributed by atoms with E-state index < -0.39 is 0 Å². The maximum absolute atomic E-state index is 12.1. The summed E-state index contributed by atoms with van der Waals surface area (Å²) in [6.45, 7) is 5.06. The maximum atomic E-state index is 12.1. The molecule has 1 fully saturated rings. The summed E-state index contributed by atoms with van der Waals surface area (Å²) in [5.74, 6) is 1.41. The van der Waals surface area contributed by atoms with Crippen molar-refractivity contribution >= 4 is 11.6 Å². The predicted octanol–water partition coefficient (Wildman–Crippen LogP) is 1.42. The molecule has 1 aromatic carbocycles. The molecule has 0 radical (unpaired) electrons. The molecule has 0 saturated carbocycles. The fourth-order valence-corrected chi connectivity index (χ4v) is 2.18. The van der Waals surface area contributed by atoms with Gasteiger partial charge >= 0.3 is 0 Å². The van der Waals surface area contributed by atoms with Crippen LogP contribution in [0.4, 0.5) is 5.69 Å². The molecular formula is C14H20N2O3. The molecular weight excluding hydrogens is 244 g/mol. The molecule has 0 aliphatic carbocycles. The van der Waals surface area contributed by atoms with Crippen molar-refractivity contribution in [1.82, 2.24) is 5.32 Å². The SMILES string of the molecule is COc1ccc(OC)c(N2CC(C)(C)NCC2=O)c1. The van der Waals surface area contributed by atoms with Gasteiger partial charge in [-0.2, -0.15) is 0 Å². The number of anilines is 1. The molecule has 0 unspecified atom stereocenters. The normalized spacial score (nSPS) is 18.3. The van der Waals surface area contributed by atoms with Gasteiger partial charge in [0.15, 0.2) is 0 Å². The lowest BCUT2D eigenvalue weighted by molar-refractivity contribution is -0.119. The second-order valence-electron chi connectivity index (χ2n) is 5.26. The number of rotatable bonds is 3. The van der Waals surface area contributed by atoms with Crippen LogP contribution < -0.4 is 19.7 Å². The molecule has 2 rings (SSSR count). The minimum absolute atomic E-state index is 0.0332. The van der Waals surface area contributed by atoms with Gasteiger partial charge in [0.05, 0.1) is 26.5 Å². The third-order valence-corrected chi connectivity index (χ3v) is 3.25. The van der Waals surface area contributed by atoms with Crippen molar-refractivity contribution in [2.24, 2.45) is 0 Å². The molecule has 1 heterocycles. The van der Waals surface area contributed by atoms with E-state index in [0.717, 1.165) is 5.69 Å². The highest BCUT2D eigenvalue weighted by Crippen LogP contribution is 2.34. The number of nitrogens with one attached hydrogen (secondary N) is 1. The number of amides is 1. The van der Waals surface area contributed by atoms with E-state index in [1.54, 1.807) is 19.1 Å². The van der Waals surface area contributed by atoms with Gasteiger partial charge in [-0.3, -0.25) is 4.79 Å². The highest BCUT2D eigenvalue weighted by atomic mass is 16.5. The smallest absolute Gasteiger partial charge is 0.241 e. The molecule has 0 bridgehead atoms. The van der Waals surface area contributed by atoms with Crippen LogP contribution in [0.15, 0.2) is 18.2 Å². The minimum Gasteiger partial charge on any atom is -0.497 e. The summed E-state index contributed by atoms with van der Waals surface area (Å²) in [5.41, 5.74) is 0.628. The van der Waals surface area contributed by atoms with Crippen molar-refractivity contribution in [1.29, 1.82) is 0 Å².